The maximum Gasteiger partial charge on any atom is 0.0236 e. The molecule has 1 heterocycles. The molecule has 1 aliphatic heterocycles. The molecular formula is C17H19N. The van der Waals surface area contributed by atoms with Crippen LogP contribution < -0.4 is 0 Å². The zero-order valence-corrected chi connectivity index (χ0v) is 10.8. The summed E-state index contributed by atoms with van der Waals surface area (Å²) in [4.78, 5) is 2.53. The molecule has 0 spiro atoms. The largest absolute Gasteiger partial charge is 0.298 e. The Bertz CT molecular complexity index is 518. The zero-order valence-electron chi connectivity index (χ0n) is 10.8. The van der Waals surface area contributed by atoms with Gasteiger partial charge >= 0.3 is 0 Å². The van der Waals surface area contributed by atoms with Gasteiger partial charge in [0.2, 0.25) is 0 Å². The monoisotopic (exact) mass is 237 g/mol. The molecule has 0 radical (unpaired) electrons. The second-order valence-electron chi connectivity index (χ2n) is 4.99. The maximum absolute atomic E-state index is 2.53. The van der Waals surface area contributed by atoms with Crippen molar-refractivity contribution in [3.8, 4) is 0 Å². The summed E-state index contributed by atoms with van der Waals surface area (Å²) in [6.07, 6.45) is 0. The van der Waals surface area contributed by atoms with Gasteiger partial charge in [0.25, 0.3) is 0 Å². The van der Waals surface area contributed by atoms with Crippen LogP contribution >= 0.6 is 0 Å². The first-order valence-electron chi connectivity index (χ1n) is 6.73. The SMILES string of the molecule is CCN1Cc2ccccc2C(c2ccccc2)C1. The standard InChI is InChI=1S/C17H19N/c1-2-18-12-15-10-6-7-11-16(15)17(13-18)14-8-4-3-5-9-14/h3-11,17H,2,12-13H2,1H3. The topological polar surface area (TPSA) is 3.24 Å². The summed E-state index contributed by atoms with van der Waals surface area (Å²) in [5.74, 6) is 0.524. The molecule has 0 saturated carbocycles. The van der Waals surface area contributed by atoms with E-state index in [4.69, 9.17) is 0 Å². The quantitative estimate of drug-likeness (QED) is 0.770. The molecule has 2 aromatic rings. The number of likely N-dealkylation sites (N-methyl/N-ethyl adjacent to an activating group) is 1. The van der Waals surface area contributed by atoms with Crippen molar-refractivity contribution in [2.45, 2.75) is 19.4 Å². The average molecular weight is 237 g/mol. The van der Waals surface area contributed by atoms with Gasteiger partial charge in [0.1, 0.15) is 0 Å². The summed E-state index contributed by atoms with van der Waals surface area (Å²) >= 11 is 0. The third kappa shape index (κ3) is 2.06. The lowest BCUT2D eigenvalue weighted by molar-refractivity contribution is 0.253. The molecule has 0 N–H and O–H groups in total. The third-order valence-corrected chi connectivity index (χ3v) is 3.91. The molecule has 0 amide bonds. The molecule has 18 heavy (non-hydrogen) atoms. The Kier molecular flexibility index (Phi) is 3.16. The Hall–Kier alpha value is -1.60. The molecule has 1 aliphatic rings. The van der Waals surface area contributed by atoms with Crippen LogP contribution in [-0.2, 0) is 6.54 Å². The van der Waals surface area contributed by atoms with Crippen LogP contribution in [0.4, 0.5) is 0 Å². The van der Waals surface area contributed by atoms with E-state index in [0.29, 0.717) is 5.92 Å². The van der Waals surface area contributed by atoms with E-state index in [1.165, 1.54) is 16.7 Å². The summed E-state index contributed by atoms with van der Waals surface area (Å²) in [7, 11) is 0. The van der Waals surface area contributed by atoms with E-state index in [9.17, 15) is 0 Å². The highest BCUT2D eigenvalue weighted by atomic mass is 15.1. The second kappa shape index (κ2) is 4.95. The van der Waals surface area contributed by atoms with Crippen LogP contribution in [0.3, 0.4) is 0 Å². The molecular weight excluding hydrogens is 218 g/mol. The van der Waals surface area contributed by atoms with E-state index in [0.717, 1.165) is 19.6 Å². The number of benzene rings is 2. The molecule has 3 rings (SSSR count). The van der Waals surface area contributed by atoms with E-state index in [1.54, 1.807) is 0 Å². The lowest BCUT2D eigenvalue weighted by Crippen LogP contribution is -2.33. The van der Waals surface area contributed by atoms with Gasteiger partial charge in [-0.25, -0.2) is 0 Å². The molecule has 1 atom stereocenters. The van der Waals surface area contributed by atoms with E-state index in [1.807, 2.05) is 0 Å². The van der Waals surface area contributed by atoms with Crippen LogP contribution in [-0.4, -0.2) is 18.0 Å². The minimum Gasteiger partial charge on any atom is -0.298 e. The van der Waals surface area contributed by atoms with Crippen molar-refractivity contribution < 1.29 is 0 Å². The Labute approximate surface area is 109 Å². The van der Waals surface area contributed by atoms with Crippen molar-refractivity contribution >= 4 is 0 Å². The van der Waals surface area contributed by atoms with Crippen molar-refractivity contribution in [2.75, 3.05) is 13.1 Å². The maximum atomic E-state index is 2.53. The summed E-state index contributed by atoms with van der Waals surface area (Å²) in [5.41, 5.74) is 4.43. The third-order valence-electron chi connectivity index (χ3n) is 3.91. The number of hydrogen-bond acceptors (Lipinski definition) is 1. The number of hydrogen-bond donors (Lipinski definition) is 0. The molecule has 0 fully saturated rings. The van der Waals surface area contributed by atoms with Crippen LogP contribution in [0.15, 0.2) is 54.6 Å². The normalized spacial score (nSPS) is 19.5. The summed E-state index contributed by atoms with van der Waals surface area (Å²) in [6.45, 7) is 5.60. The number of rotatable bonds is 2. The summed E-state index contributed by atoms with van der Waals surface area (Å²) in [5, 5.41) is 0. The average Bonchev–Trinajstić information content (AvgIpc) is 2.47. The van der Waals surface area contributed by atoms with Gasteiger partial charge in [-0.2, -0.15) is 0 Å². The van der Waals surface area contributed by atoms with Gasteiger partial charge in [-0.1, -0.05) is 61.5 Å². The summed E-state index contributed by atoms with van der Waals surface area (Å²) in [6, 6.07) is 19.8. The van der Waals surface area contributed by atoms with E-state index in [-0.39, 0.29) is 0 Å². The fourth-order valence-electron chi connectivity index (χ4n) is 2.89. The Morgan fingerprint density at radius 2 is 1.72 bits per heavy atom. The molecule has 1 heteroatoms. The molecule has 0 aliphatic carbocycles. The lowest BCUT2D eigenvalue weighted by atomic mass is 9.85. The minimum atomic E-state index is 0.524. The van der Waals surface area contributed by atoms with Gasteiger partial charge in [0.05, 0.1) is 0 Å². The Morgan fingerprint density at radius 1 is 1.00 bits per heavy atom. The first kappa shape index (κ1) is 11.5. The second-order valence-corrected chi connectivity index (χ2v) is 4.99. The highest BCUT2D eigenvalue weighted by Crippen LogP contribution is 2.32. The van der Waals surface area contributed by atoms with Crippen LogP contribution in [0.25, 0.3) is 0 Å². The predicted molar refractivity (Wildman–Crippen MR) is 75.7 cm³/mol. The molecule has 0 aromatic heterocycles. The van der Waals surface area contributed by atoms with Crippen molar-refractivity contribution in [1.29, 1.82) is 0 Å². The van der Waals surface area contributed by atoms with Crippen molar-refractivity contribution in [3.05, 3.63) is 71.3 Å². The fraction of sp³-hybridized carbons (Fsp3) is 0.294. The number of nitrogens with zero attached hydrogens (tertiary/aromatic N) is 1. The van der Waals surface area contributed by atoms with Crippen LogP contribution in [0, 0.1) is 0 Å². The minimum absolute atomic E-state index is 0.524. The zero-order chi connectivity index (χ0) is 12.4. The molecule has 1 unspecified atom stereocenters. The van der Waals surface area contributed by atoms with E-state index < -0.39 is 0 Å². The van der Waals surface area contributed by atoms with Gasteiger partial charge in [0.15, 0.2) is 0 Å². The molecule has 0 saturated heterocycles. The van der Waals surface area contributed by atoms with Crippen LogP contribution in [0.5, 0.6) is 0 Å². The van der Waals surface area contributed by atoms with Gasteiger partial charge in [0, 0.05) is 19.0 Å². The first-order chi connectivity index (χ1) is 8.88. The highest BCUT2D eigenvalue weighted by Gasteiger charge is 2.24. The van der Waals surface area contributed by atoms with Gasteiger partial charge < -0.3 is 0 Å². The Balaban J connectivity index is 2.04. The summed E-state index contributed by atoms with van der Waals surface area (Å²) < 4.78 is 0. The first-order valence-corrected chi connectivity index (χ1v) is 6.73. The van der Waals surface area contributed by atoms with Crippen molar-refractivity contribution in [3.63, 3.8) is 0 Å². The predicted octanol–water partition coefficient (Wildman–Crippen LogP) is 3.65. The van der Waals surface area contributed by atoms with Gasteiger partial charge in [-0.05, 0) is 23.2 Å². The van der Waals surface area contributed by atoms with E-state index >= 15 is 0 Å². The molecule has 2 aromatic carbocycles. The smallest absolute Gasteiger partial charge is 0.0236 e. The lowest BCUT2D eigenvalue weighted by Gasteiger charge is -2.34. The van der Waals surface area contributed by atoms with Gasteiger partial charge in [-0.3, -0.25) is 4.90 Å². The highest BCUT2D eigenvalue weighted by molar-refractivity contribution is 5.40. The van der Waals surface area contributed by atoms with Crippen LogP contribution in [0.1, 0.15) is 29.5 Å². The van der Waals surface area contributed by atoms with Crippen molar-refractivity contribution in [1.82, 2.24) is 4.90 Å². The van der Waals surface area contributed by atoms with E-state index in [2.05, 4.69) is 66.4 Å². The Morgan fingerprint density at radius 3 is 2.50 bits per heavy atom. The number of fused-ring (bicyclic) bond motifs is 1. The molecule has 92 valence electrons. The molecule has 0 bridgehead atoms. The van der Waals surface area contributed by atoms with Gasteiger partial charge in [-0.15, -0.1) is 0 Å². The van der Waals surface area contributed by atoms with Crippen molar-refractivity contribution in [2.24, 2.45) is 0 Å². The molecule has 1 nitrogen and oxygen atoms in total. The van der Waals surface area contributed by atoms with Crippen LogP contribution in [0.2, 0.25) is 0 Å². The fourth-order valence-corrected chi connectivity index (χ4v) is 2.89.